The molecule has 0 aromatic heterocycles. The van der Waals surface area contributed by atoms with Crippen LogP contribution in [0.25, 0.3) is 0 Å². The normalized spacial score (nSPS) is 20.4. The quantitative estimate of drug-likeness (QED) is 0.701. The number of morpholine rings is 1. The first-order valence-electron chi connectivity index (χ1n) is 5.62. The smallest absolute Gasteiger partial charge is 0.377 e. The van der Waals surface area contributed by atoms with Gasteiger partial charge in [0.15, 0.2) is 0 Å². The van der Waals surface area contributed by atoms with Crippen LogP contribution in [-0.4, -0.2) is 61.9 Å². The zero-order valence-corrected chi connectivity index (χ0v) is 10.1. The molecule has 1 unspecified atom stereocenters. The largest absolute Gasteiger partial charge is 0.411 e. The zero-order chi connectivity index (χ0) is 14.5. The molecule has 1 aliphatic rings. The molecular formula is C10H15F3N2O4. The van der Waals surface area contributed by atoms with Crippen molar-refractivity contribution in [1.82, 2.24) is 4.90 Å². The number of halogens is 3. The van der Waals surface area contributed by atoms with E-state index in [-0.39, 0.29) is 32.8 Å². The number of ether oxygens (including phenoxy) is 2. The van der Waals surface area contributed by atoms with Crippen LogP contribution in [0.15, 0.2) is 0 Å². The Bertz CT molecular complexity index is 335. The fourth-order valence-electron chi connectivity index (χ4n) is 1.63. The van der Waals surface area contributed by atoms with E-state index in [4.69, 9.17) is 10.5 Å². The van der Waals surface area contributed by atoms with Crippen molar-refractivity contribution in [2.24, 2.45) is 5.73 Å². The van der Waals surface area contributed by atoms with Crippen molar-refractivity contribution in [3.05, 3.63) is 0 Å². The third-order valence-electron chi connectivity index (χ3n) is 2.50. The minimum Gasteiger partial charge on any atom is -0.377 e. The van der Waals surface area contributed by atoms with Crippen molar-refractivity contribution in [1.29, 1.82) is 0 Å². The van der Waals surface area contributed by atoms with Crippen LogP contribution in [-0.2, 0) is 19.1 Å². The van der Waals surface area contributed by atoms with E-state index in [0.29, 0.717) is 0 Å². The Morgan fingerprint density at radius 3 is 2.68 bits per heavy atom. The predicted molar refractivity (Wildman–Crippen MR) is 57.0 cm³/mol. The molecule has 1 saturated heterocycles. The monoisotopic (exact) mass is 284 g/mol. The van der Waals surface area contributed by atoms with E-state index >= 15 is 0 Å². The number of primary amides is 1. The third-order valence-corrected chi connectivity index (χ3v) is 2.50. The molecule has 19 heavy (non-hydrogen) atoms. The van der Waals surface area contributed by atoms with Gasteiger partial charge in [-0.3, -0.25) is 9.59 Å². The number of rotatable bonds is 5. The van der Waals surface area contributed by atoms with E-state index in [1.165, 1.54) is 4.90 Å². The molecule has 0 bridgehead atoms. The number of nitrogens with zero attached hydrogens (tertiary/aromatic N) is 1. The summed E-state index contributed by atoms with van der Waals surface area (Å²) in [6, 6.07) is -0.871. The minimum atomic E-state index is -4.42. The number of carbonyl (C=O) groups excluding carboxylic acids is 2. The molecule has 6 nitrogen and oxygen atoms in total. The highest BCUT2D eigenvalue weighted by Crippen LogP contribution is 2.15. The summed E-state index contributed by atoms with van der Waals surface area (Å²) >= 11 is 0. The summed E-state index contributed by atoms with van der Waals surface area (Å²) in [6.45, 7) is -1.31. The molecule has 1 fully saturated rings. The highest BCUT2D eigenvalue weighted by atomic mass is 19.4. The van der Waals surface area contributed by atoms with Gasteiger partial charge in [-0.25, -0.2) is 0 Å². The van der Waals surface area contributed by atoms with Gasteiger partial charge in [0.05, 0.1) is 26.2 Å². The van der Waals surface area contributed by atoms with Crippen LogP contribution in [0.4, 0.5) is 13.2 Å². The van der Waals surface area contributed by atoms with E-state index in [2.05, 4.69) is 4.74 Å². The third kappa shape index (κ3) is 5.43. The molecule has 0 aromatic rings. The average molecular weight is 284 g/mol. The molecule has 2 N–H and O–H groups in total. The lowest BCUT2D eigenvalue weighted by Crippen LogP contribution is -2.54. The number of amides is 2. The lowest BCUT2D eigenvalue weighted by Gasteiger charge is -2.33. The highest BCUT2D eigenvalue weighted by molar-refractivity contribution is 5.87. The topological polar surface area (TPSA) is 81.9 Å². The maximum atomic E-state index is 11.8. The molecule has 1 heterocycles. The molecule has 0 aromatic carbocycles. The Morgan fingerprint density at radius 1 is 1.42 bits per heavy atom. The fraction of sp³-hybridized carbons (Fsp3) is 0.800. The Balaban J connectivity index is 2.37. The lowest BCUT2D eigenvalue weighted by molar-refractivity contribution is -0.175. The maximum absolute atomic E-state index is 11.8. The maximum Gasteiger partial charge on any atom is 0.411 e. The second-order valence-corrected chi connectivity index (χ2v) is 4.00. The van der Waals surface area contributed by atoms with Crippen LogP contribution in [0.5, 0.6) is 0 Å². The number of hydrogen-bond acceptors (Lipinski definition) is 4. The van der Waals surface area contributed by atoms with Gasteiger partial charge in [0.25, 0.3) is 0 Å². The van der Waals surface area contributed by atoms with Gasteiger partial charge >= 0.3 is 6.18 Å². The van der Waals surface area contributed by atoms with E-state index in [0.717, 1.165) is 0 Å². The van der Waals surface area contributed by atoms with Crippen LogP contribution in [0.3, 0.4) is 0 Å². The fourth-order valence-corrected chi connectivity index (χ4v) is 1.63. The van der Waals surface area contributed by atoms with Gasteiger partial charge in [0.2, 0.25) is 11.8 Å². The zero-order valence-electron chi connectivity index (χ0n) is 10.1. The highest BCUT2D eigenvalue weighted by Gasteiger charge is 2.31. The van der Waals surface area contributed by atoms with Crippen molar-refractivity contribution < 1.29 is 32.2 Å². The Hall–Kier alpha value is -1.35. The molecule has 9 heteroatoms. The predicted octanol–water partition coefficient (Wildman–Crippen LogP) is -0.332. The average Bonchev–Trinajstić information content (AvgIpc) is 2.33. The first kappa shape index (κ1) is 15.7. The Kier molecular flexibility index (Phi) is 5.55. The summed E-state index contributed by atoms with van der Waals surface area (Å²) in [4.78, 5) is 24.0. The van der Waals surface area contributed by atoms with Gasteiger partial charge in [0, 0.05) is 6.54 Å². The first-order valence-corrected chi connectivity index (χ1v) is 5.62. The second-order valence-electron chi connectivity index (χ2n) is 4.00. The van der Waals surface area contributed by atoms with Crippen molar-refractivity contribution in [3.8, 4) is 0 Å². The van der Waals surface area contributed by atoms with Gasteiger partial charge in [-0.05, 0) is 0 Å². The molecule has 0 radical (unpaired) electrons. The molecule has 2 amide bonds. The summed E-state index contributed by atoms with van der Waals surface area (Å²) < 4.78 is 44.8. The second kappa shape index (κ2) is 6.71. The number of carbonyl (C=O) groups is 2. The molecule has 1 rings (SSSR count). The first-order chi connectivity index (χ1) is 8.81. The molecule has 110 valence electrons. The van der Waals surface area contributed by atoms with Crippen LogP contribution >= 0.6 is 0 Å². The standard InChI is InChI=1S/C10H15F3N2O4/c11-10(12,13)6-19-3-1-8(16)15-2-4-18-5-7(15)9(14)17/h7H,1-6H2,(H2,14,17). The van der Waals surface area contributed by atoms with Crippen molar-refractivity contribution in [3.63, 3.8) is 0 Å². The summed E-state index contributed by atoms with van der Waals surface area (Å²) in [5, 5.41) is 0. The van der Waals surface area contributed by atoms with Gasteiger partial charge in [-0.1, -0.05) is 0 Å². The van der Waals surface area contributed by atoms with Gasteiger partial charge in [0.1, 0.15) is 12.6 Å². The van der Waals surface area contributed by atoms with E-state index < -0.39 is 30.6 Å². The molecule has 0 spiro atoms. The molecule has 0 saturated carbocycles. The summed E-state index contributed by atoms with van der Waals surface area (Å²) in [7, 11) is 0. The van der Waals surface area contributed by atoms with E-state index in [1.807, 2.05) is 0 Å². The SMILES string of the molecule is NC(=O)C1COCCN1C(=O)CCOCC(F)(F)F. The molecule has 1 atom stereocenters. The van der Waals surface area contributed by atoms with Gasteiger partial charge in [-0.2, -0.15) is 13.2 Å². The Morgan fingerprint density at radius 2 is 2.11 bits per heavy atom. The number of nitrogens with two attached hydrogens (primary N) is 1. The van der Waals surface area contributed by atoms with E-state index in [9.17, 15) is 22.8 Å². The van der Waals surface area contributed by atoms with Crippen molar-refractivity contribution in [2.45, 2.75) is 18.6 Å². The number of hydrogen-bond donors (Lipinski definition) is 1. The molecule has 1 aliphatic heterocycles. The van der Waals surface area contributed by atoms with Crippen LogP contribution in [0.2, 0.25) is 0 Å². The van der Waals surface area contributed by atoms with E-state index in [1.54, 1.807) is 0 Å². The molecular weight excluding hydrogens is 269 g/mol. The van der Waals surface area contributed by atoms with Crippen LogP contribution in [0.1, 0.15) is 6.42 Å². The number of alkyl halides is 3. The van der Waals surface area contributed by atoms with Crippen LogP contribution < -0.4 is 5.73 Å². The van der Waals surface area contributed by atoms with Gasteiger partial charge in [-0.15, -0.1) is 0 Å². The summed E-state index contributed by atoms with van der Waals surface area (Å²) in [5.41, 5.74) is 5.11. The minimum absolute atomic E-state index is 0.00445. The Labute approximate surface area is 107 Å². The van der Waals surface area contributed by atoms with Crippen LogP contribution in [0, 0.1) is 0 Å². The lowest BCUT2D eigenvalue weighted by atomic mass is 10.2. The summed E-state index contributed by atoms with van der Waals surface area (Å²) in [5.74, 6) is -1.18. The summed E-state index contributed by atoms with van der Waals surface area (Å²) in [6.07, 6.45) is -4.66. The molecule has 0 aliphatic carbocycles. The van der Waals surface area contributed by atoms with Crippen molar-refractivity contribution >= 4 is 11.8 Å². The van der Waals surface area contributed by atoms with Crippen molar-refractivity contribution in [2.75, 3.05) is 33.0 Å². The van der Waals surface area contributed by atoms with Gasteiger partial charge < -0.3 is 20.1 Å².